The van der Waals surface area contributed by atoms with Crippen LogP contribution in [-0.2, 0) is 6.54 Å². The van der Waals surface area contributed by atoms with Gasteiger partial charge in [0.25, 0.3) is 0 Å². The number of hydrogen-bond acceptors (Lipinski definition) is 2. The van der Waals surface area contributed by atoms with Crippen molar-refractivity contribution in [1.29, 1.82) is 0 Å². The molecule has 2 unspecified atom stereocenters. The minimum atomic E-state index is -0.120. The lowest BCUT2D eigenvalue weighted by atomic mass is 9.87. The highest BCUT2D eigenvalue weighted by Gasteiger charge is 2.24. The zero-order valence-electron chi connectivity index (χ0n) is 11.3. The second kappa shape index (κ2) is 5.81. The summed E-state index contributed by atoms with van der Waals surface area (Å²) in [5, 5.41) is 0. The molecule has 1 aromatic carbocycles. The summed E-state index contributed by atoms with van der Waals surface area (Å²) in [5.74, 6) is 1.20. The summed E-state index contributed by atoms with van der Waals surface area (Å²) in [7, 11) is 0. The topological polar surface area (TPSA) is 29.3 Å². The molecule has 18 heavy (non-hydrogen) atoms. The highest BCUT2D eigenvalue weighted by molar-refractivity contribution is 5.23. The van der Waals surface area contributed by atoms with Crippen molar-refractivity contribution in [3.05, 3.63) is 35.1 Å². The van der Waals surface area contributed by atoms with E-state index in [0.29, 0.717) is 5.92 Å². The van der Waals surface area contributed by atoms with Gasteiger partial charge in [-0.3, -0.25) is 4.90 Å². The first kappa shape index (κ1) is 13.5. The summed E-state index contributed by atoms with van der Waals surface area (Å²) >= 11 is 0. The molecule has 1 fully saturated rings. The van der Waals surface area contributed by atoms with Crippen molar-refractivity contribution in [2.75, 3.05) is 19.6 Å². The SMILES string of the molecule is Cc1cc(CN2CCC(C)C(CN)C2)ccc1F. The van der Waals surface area contributed by atoms with Gasteiger partial charge in [0, 0.05) is 13.1 Å². The molecule has 1 aromatic rings. The van der Waals surface area contributed by atoms with Gasteiger partial charge in [0.15, 0.2) is 0 Å². The molecular weight excluding hydrogens is 227 g/mol. The van der Waals surface area contributed by atoms with Crippen molar-refractivity contribution in [2.24, 2.45) is 17.6 Å². The standard InChI is InChI=1S/C15H23FN2/c1-11-5-6-18(10-14(11)8-17)9-13-3-4-15(16)12(2)7-13/h3-4,7,11,14H,5-6,8-10,17H2,1-2H3. The molecule has 1 heterocycles. The average molecular weight is 250 g/mol. The number of nitrogens with two attached hydrogens (primary N) is 1. The number of nitrogens with zero attached hydrogens (tertiary/aromatic N) is 1. The molecule has 2 N–H and O–H groups in total. The highest BCUT2D eigenvalue weighted by atomic mass is 19.1. The van der Waals surface area contributed by atoms with Gasteiger partial charge in [-0.25, -0.2) is 4.39 Å². The predicted molar refractivity (Wildman–Crippen MR) is 72.7 cm³/mol. The van der Waals surface area contributed by atoms with Gasteiger partial charge in [-0.05, 0) is 55.5 Å². The van der Waals surface area contributed by atoms with Crippen molar-refractivity contribution >= 4 is 0 Å². The van der Waals surface area contributed by atoms with Crippen molar-refractivity contribution in [1.82, 2.24) is 4.90 Å². The molecule has 1 aliphatic rings. The van der Waals surface area contributed by atoms with Gasteiger partial charge in [-0.2, -0.15) is 0 Å². The molecule has 2 atom stereocenters. The summed E-state index contributed by atoms with van der Waals surface area (Å²) in [4.78, 5) is 2.43. The summed E-state index contributed by atoms with van der Waals surface area (Å²) in [6, 6.07) is 5.40. The number of likely N-dealkylation sites (tertiary alicyclic amines) is 1. The van der Waals surface area contributed by atoms with Gasteiger partial charge in [0.05, 0.1) is 0 Å². The molecule has 2 nitrogen and oxygen atoms in total. The molecule has 1 aliphatic heterocycles. The monoisotopic (exact) mass is 250 g/mol. The van der Waals surface area contributed by atoms with E-state index in [1.54, 1.807) is 6.07 Å². The fraction of sp³-hybridized carbons (Fsp3) is 0.600. The number of halogens is 1. The zero-order valence-corrected chi connectivity index (χ0v) is 11.3. The van der Waals surface area contributed by atoms with Gasteiger partial charge in [0.2, 0.25) is 0 Å². The first-order valence-electron chi connectivity index (χ1n) is 6.77. The highest BCUT2D eigenvalue weighted by Crippen LogP contribution is 2.23. The van der Waals surface area contributed by atoms with Crippen molar-refractivity contribution < 1.29 is 4.39 Å². The first-order chi connectivity index (χ1) is 8.60. The number of benzene rings is 1. The first-order valence-corrected chi connectivity index (χ1v) is 6.77. The third kappa shape index (κ3) is 3.09. The largest absolute Gasteiger partial charge is 0.330 e. The minimum absolute atomic E-state index is 0.120. The maximum atomic E-state index is 13.2. The van der Waals surface area contributed by atoms with E-state index in [2.05, 4.69) is 11.8 Å². The van der Waals surface area contributed by atoms with Crippen LogP contribution in [0.4, 0.5) is 4.39 Å². The Bertz CT molecular complexity index is 405. The second-order valence-electron chi connectivity index (χ2n) is 5.58. The number of rotatable bonds is 3. The van der Waals surface area contributed by atoms with Crippen LogP contribution in [0.15, 0.2) is 18.2 Å². The lowest BCUT2D eigenvalue weighted by molar-refractivity contribution is 0.126. The maximum Gasteiger partial charge on any atom is 0.126 e. The van der Waals surface area contributed by atoms with E-state index in [1.165, 1.54) is 12.0 Å². The van der Waals surface area contributed by atoms with Crippen LogP contribution in [-0.4, -0.2) is 24.5 Å². The van der Waals surface area contributed by atoms with E-state index in [1.807, 2.05) is 19.1 Å². The molecular formula is C15H23FN2. The van der Waals surface area contributed by atoms with Crippen LogP contribution in [0.3, 0.4) is 0 Å². The van der Waals surface area contributed by atoms with Crippen molar-refractivity contribution in [3.63, 3.8) is 0 Å². The predicted octanol–water partition coefficient (Wildman–Crippen LogP) is 2.55. The number of hydrogen-bond donors (Lipinski definition) is 1. The quantitative estimate of drug-likeness (QED) is 0.893. The third-order valence-corrected chi connectivity index (χ3v) is 4.13. The Balaban J connectivity index is 1.99. The van der Waals surface area contributed by atoms with Crippen LogP contribution in [0.25, 0.3) is 0 Å². The lowest BCUT2D eigenvalue weighted by Gasteiger charge is -2.36. The van der Waals surface area contributed by atoms with Gasteiger partial charge in [-0.15, -0.1) is 0 Å². The summed E-state index contributed by atoms with van der Waals surface area (Å²) in [6.45, 7) is 7.96. The Hall–Kier alpha value is -0.930. The summed E-state index contributed by atoms with van der Waals surface area (Å²) in [6.07, 6.45) is 1.21. The molecule has 3 heteroatoms. The minimum Gasteiger partial charge on any atom is -0.330 e. The van der Waals surface area contributed by atoms with E-state index in [9.17, 15) is 4.39 Å². The molecule has 1 saturated heterocycles. The fourth-order valence-corrected chi connectivity index (χ4v) is 2.74. The van der Waals surface area contributed by atoms with Gasteiger partial charge in [-0.1, -0.05) is 19.1 Å². The molecule has 2 rings (SSSR count). The Morgan fingerprint density at radius 3 is 2.89 bits per heavy atom. The second-order valence-corrected chi connectivity index (χ2v) is 5.58. The van der Waals surface area contributed by atoms with Gasteiger partial charge >= 0.3 is 0 Å². The fourth-order valence-electron chi connectivity index (χ4n) is 2.74. The third-order valence-electron chi connectivity index (χ3n) is 4.13. The Labute approximate surface area is 109 Å². The smallest absolute Gasteiger partial charge is 0.126 e. The molecule has 0 aromatic heterocycles. The van der Waals surface area contributed by atoms with Crippen LogP contribution < -0.4 is 5.73 Å². The summed E-state index contributed by atoms with van der Waals surface area (Å²) in [5.41, 5.74) is 7.74. The Kier molecular flexibility index (Phi) is 4.36. The van der Waals surface area contributed by atoms with Crippen LogP contribution in [0.2, 0.25) is 0 Å². The van der Waals surface area contributed by atoms with Gasteiger partial charge < -0.3 is 5.73 Å². The van der Waals surface area contributed by atoms with Crippen LogP contribution in [0, 0.1) is 24.6 Å². The van der Waals surface area contributed by atoms with E-state index in [4.69, 9.17) is 5.73 Å². The molecule has 0 spiro atoms. The van der Waals surface area contributed by atoms with Crippen LogP contribution >= 0.6 is 0 Å². The summed E-state index contributed by atoms with van der Waals surface area (Å²) < 4.78 is 13.2. The molecule has 100 valence electrons. The van der Waals surface area contributed by atoms with E-state index in [0.717, 1.165) is 37.7 Å². The normalized spacial score (nSPS) is 25.3. The molecule has 0 aliphatic carbocycles. The Morgan fingerprint density at radius 2 is 2.22 bits per heavy atom. The van der Waals surface area contributed by atoms with E-state index < -0.39 is 0 Å². The average Bonchev–Trinajstić information content (AvgIpc) is 2.36. The molecule has 0 amide bonds. The molecule has 0 radical (unpaired) electrons. The zero-order chi connectivity index (χ0) is 13.1. The number of piperidine rings is 1. The number of aryl methyl sites for hydroxylation is 1. The van der Waals surface area contributed by atoms with Crippen molar-refractivity contribution in [3.8, 4) is 0 Å². The van der Waals surface area contributed by atoms with Crippen LogP contribution in [0.1, 0.15) is 24.5 Å². The maximum absolute atomic E-state index is 13.2. The Morgan fingerprint density at radius 1 is 1.44 bits per heavy atom. The molecule has 0 bridgehead atoms. The van der Waals surface area contributed by atoms with Crippen molar-refractivity contribution in [2.45, 2.75) is 26.8 Å². The van der Waals surface area contributed by atoms with E-state index in [-0.39, 0.29) is 5.82 Å². The molecule has 0 saturated carbocycles. The van der Waals surface area contributed by atoms with E-state index >= 15 is 0 Å². The lowest BCUT2D eigenvalue weighted by Crippen LogP contribution is -2.42. The van der Waals surface area contributed by atoms with Crippen LogP contribution in [0.5, 0.6) is 0 Å². The van der Waals surface area contributed by atoms with Gasteiger partial charge in [0.1, 0.15) is 5.82 Å².